The Hall–Kier alpha value is -2.06. The number of aliphatic hydroxyl groups is 1. The summed E-state index contributed by atoms with van der Waals surface area (Å²) in [7, 11) is -1.32. The van der Waals surface area contributed by atoms with Gasteiger partial charge in [0, 0.05) is 6.42 Å². The average Bonchev–Trinajstić information content (AvgIpc) is 2.45. The van der Waals surface area contributed by atoms with E-state index in [4.69, 9.17) is 14.9 Å². The summed E-state index contributed by atoms with van der Waals surface area (Å²) in [5, 5.41) is 30.9. The van der Waals surface area contributed by atoms with E-state index in [0.717, 1.165) is 0 Å². The van der Waals surface area contributed by atoms with E-state index in [1.165, 1.54) is 6.07 Å². The van der Waals surface area contributed by atoms with Gasteiger partial charge in [-0.2, -0.15) is 0 Å². The third kappa shape index (κ3) is 3.77. The summed E-state index contributed by atoms with van der Waals surface area (Å²) in [5.74, 6) is -1.95. The van der Waals surface area contributed by atoms with Crippen molar-refractivity contribution in [3.8, 4) is 5.75 Å². The highest BCUT2D eigenvalue weighted by molar-refractivity contribution is 6.47. The number of carbonyl (C=O) groups excluding carboxylic acids is 1. The Labute approximate surface area is 128 Å². The maximum absolute atomic E-state index is 11.8. The highest BCUT2D eigenvalue weighted by atomic mass is 16.5. The minimum absolute atomic E-state index is 0.0181. The molecule has 0 aliphatic carbocycles. The van der Waals surface area contributed by atoms with Crippen molar-refractivity contribution in [2.24, 2.45) is 0 Å². The summed E-state index contributed by atoms with van der Waals surface area (Å²) in [5.41, 5.74) is 0.599. The highest BCUT2D eigenvalue weighted by Crippen LogP contribution is 2.30. The summed E-state index contributed by atoms with van der Waals surface area (Å²) in [6.07, 6.45) is 0.174. The molecule has 118 valence electrons. The van der Waals surface area contributed by atoms with Gasteiger partial charge in [-0.15, -0.1) is 0 Å². The fourth-order valence-corrected chi connectivity index (χ4v) is 2.34. The van der Waals surface area contributed by atoms with Crippen LogP contribution in [0.2, 0.25) is 0 Å². The molecule has 1 amide bonds. The van der Waals surface area contributed by atoms with Gasteiger partial charge in [0.2, 0.25) is 5.91 Å². The molecule has 22 heavy (non-hydrogen) atoms. The van der Waals surface area contributed by atoms with Crippen LogP contribution in [0.3, 0.4) is 0 Å². The maximum atomic E-state index is 11.8. The van der Waals surface area contributed by atoms with Crippen LogP contribution < -0.4 is 9.97 Å². The van der Waals surface area contributed by atoms with Crippen LogP contribution in [0.5, 0.6) is 5.75 Å². The molecule has 0 bridgehead atoms. The first-order chi connectivity index (χ1) is 10.4. The van der Waals surface area contributed by atoms with Crippen LogP contribution in [-0.4, -0.2) is 46.3 Å². The highest BCUT2D eigenvalue weighted by Gasteiger charge is 2.37. The summed E-state index contributed by atoms with van der Waals surface area (Å²) >= 11 is 0. The topological polar surface area (TPSA) is 116 Å². The second kappa shape index (κ2) is 6.80. The smallest absolute Gasteiger partial charge is 0.534 e. The fourth-order valence-electron chi connectivity index (χ4n) is 2.34. The van der Waals surface area contributed by atoms with Gasteiger partial charge in [-0.05, 0) is 31.4 Å². The molecule has 1 unspecified atom stereocenters. The Bertz CT molecular complexity index is 576. The Morgan fingerprint density at radius 1 is 1.50 bits per heavy atom. The van der Waals surface area contributed by atoms with Crippen molar-refractivity contribution >= 4 is 19.0 Å². The first kappa shape index (κ1) is 16.3. The molecule has 0 radical (unpaired) electrons. The molecule has 0 aromatic heterocycles. The van der Waals surface area contributed by atoms with E-state index in [2.05, 4.69) is 5.32 Å². The van der Waals surface area contributed by atoms with Crippen LogP contribution in [0.25, 0.3) is 0 Å². The zero-order valence-electron chi connectivity index (χ0n) is 12.2. The molecule has 0 spiro atoms. The first-order valence-electron chi connectivity index (χ1n) is 7.06. The molecule has 1 aromatic carbocycles. The number of hydrogen-bond donors (Lipinski definition) is 4. The predicted octanol–water partition coefficient (Wildman–Crippen LogP) is -0.0148. The van der Waals surface area contributed by atoms with Gasteiger partial charge in [0.25, 0.3) is 0 Å². The Morgan fingerprint density at radius 2 is 2.23 bits per heavy atom. The summed E-state index contributed by atoms with van der Waals surface area (Å²) < 4.78 is 5.27. The van der Waals surface area contributed by atoms with Gasteiger partial charge >= 0.3 is 13.1 Å². The van der Waals surface area contributed by atoms with Crippen LogP contribution in [0, 0.1) is 0 Å². The number of amides is 1. The number of benzene rings is 1. The number of fused-ring (bicyclic) bond motifs is 1. The molecule has 1 aliphatic rings. The van der Waals surface area contributed by atoms with Crippen LogP contribution in [0.1, 0.15) is 35.7 Å². The van der Waals surface area contributed by atoms with Gasteiger partial charge in [0.1, 0.15) is 5.75 Å². The fraction of sp³-hybridized carbons (Fsp3) is 0.429. The minimum atomic E-state index is -1.32. The van der Waals surface area contributed by atoms with E-state index in [0.29, 0.717) is 12.0 Å². The van der Waals surface area contributed by atoms with Crippen LogP contribution >= 0.6 is 0 Å². The minimum Gasteiger partial charge on any atom is -0.534 e. The lowest BCUT2D eigenvalue weighted by atomic mass is 9.72. The molecule has 8 heteroatoms. The van der Waals surface area contributed by atoms with E-state index in [-0.39, 0.29) is 30.1 Å². The first-order valence-corrected chi connectivity index (χ1v) is 7.06. The molecule has 2 atom stereocenters. The zero-order chi connectivity index (χ0) is 16.3. The zero-order valence-corrected chi connectivity index (χ0v) is 12.2. The van der Waals surface area contributed by atoms with Crippen molar-refractivity contribution in [3.63, 3.8) is 0 Å². The Kier molecular flexibility index (Phi) is 5.05. The normalized spacial score (nSPS) is 18.1. The molecule has 0 fully saturated rings. The van der Waals surface area contributed by atoms with Crippen molar-refractivity contribution in [2.75, 3.05) is 0 Å². The van der Waals surface area contributed by atoms with Crippen molar-refractivity contribution in [1.82, 2.24) is 5.32 Å². The number of rotatable bonds is 5. The lowest BCUT2D eigenvalue weighted by Crippen LogP contribution is -2.53. The second-order valence-corrected chi connectivity index (χ2v) is 5.37. The summed E-state index contributed by atoms with van der Waals surface area (Å²) in [6.45, 7) is 1.59. The van der Waals surface area contributed by atoms with Crippen molar-refractivity contribution in [2.45, 2.75) is 38.2 Å². The van der Waals surface area contributed by atoms with Crippen molar-refractivity contribution in [3.05, 3.63) is 29.3 Å². The SMILES string of the molecule is C[C@@H](O)CCC(=O)NC1Cc2cccc(C(=O)O)c2OB1O. The van der Waals surface area contributed by atoms with Gasteiger partial charge in [-0.1, -0.05) is 12.1 Å². The number of para-hydroxylation sites is 1. The van der Waals surface area contributed by atoms with Crippen LogP contribution in [0.4, 0.5) is 0 Å². The van der Waals surface area contributed by atoms with E-state index in [9.17, 15) is 14.6 Å². The molecular formula is C14H18BNO6. The Balaban J connectivity index is 2.08. The number of carboxylic acids is 1. The third-order valence-corrected chi connectivity index (χ3v) is 3.49. The average molecular weight is 307 g/mol. The number of aliphatic hydroxyl groups excluding tert-OH is 1. The quantitative estimate of drug-likeness (QED) is 0.568. The summed E-state index contributed by atoms with van der Waals surface area (Å²) in [6, 6.07) is 4.69. The number of carbonyl (C=O) groups is 2. The van der Waals surface area contributed by atoms with Gasteiger partial charge in [-0.25, -0.2) is 4.79 Å². The van der Waals surface area contributed by atoms with Crippen molar-refractivity contribution < 1.29 is 29.5 Å². The lowest BCUT2D eigenvalue weighted by molar-refractivity contribution is -0.122. The van der Waals surface area contributed by atoms with Crippen LogP contribution in [0.15, 0.2) is 18.2 Å². The van der Waals surface area contributed by atoms with E-state index < -0.39 is 25.1 Å². The van der Waals surface area contributed by atoms with Gasteiger partial charge in [0.05, 0.1) is 17.6 Å². The van der Waals surface area contributed by atoms with Gasteiger partial charge < -0.3 is 25.2 Å². The number of nitrogens with one attached hydrogen (secondary N) is 1. The molecule has 1 heterocycles. The molecule has 0 saturated heterocycles. The Morgan fingerprint density at radius 3 is 2.86 bits per heavy atom. The molecule has 0 saturated carbocycles. The monoisotopic (exact) mass is 307 g/mol. The van der Waals surface area contributed by atoms with E-state index in [1.54, 1.807) is 19.1 Å². The molecular weight excluding hydrogens is 289 g/mol. The standard InChI is InChI=1S/C14H18BNO6/c1-8(17)5-6-12(18)16-11-7-9-3-2-4-10(14(19)20)13(9)22-15(11)21/h2-4,8,11,17,21H,5-7H2,1H3,(H,16,18)(H,19,20)/t8-,11?/m1/s1. The summed E-state index contributed by atoms with van der Waals surface area (Å²) in [4.78, 5) is 22.9. The molecule has 1 aromatic rings. The molecule has 7 nitrogen and oxygen atoms in total. The predicted molar refractivity (Wildman–Crippen MR) is 78.6 cm³/mol. The largest absolute Gasteiger partial charge is 0.547 e. The molecule has 2 rings (SSSR count). The number of carboxylic acid groups (broad SMARTS) is 1. The second-order valence-electron chi connectivity index (χ2n) is 5.37. The third-order valence-electron chi connectivity index (χ3n) is 3.49. The maximum Gasteiger partial charge on any atom is 0.547 e. The molecule has 1 aliphatic heterocycles. The number of hydrogen-bond acceptors (Lipinski definition) is 5. The lowest BCUT2D eigenvalue weighted by Gasteiger charge is -2.28. The van der Waals surface area contributed by atoms with Crippen molar-refractivity contribution in [1.29, 1.82) is 0 Å². The molecule has 4 N–H and O–H groups in total. The van der Waals surface area contributed by atoms with Gasteiger partial charge in [-0.3, -0.25) is 4.79 Å². The van der Waals surface area contributed by atoms with Gasteiger partial charge in [0.15, 0.2) is 0 Å². The van der Waals surface area contributed by atoms with Crippen LogP contribution in [-0.2, 0) is 11.2 Å². The van der Waals surface area contributed by atoms with E-state index >= 15 is 0 Å². The number of aromatic carboxylic acids is 1. The van der Waals surface area contributed by atoms with E-state index in [1.807, 2.05) is 0 Å².